The van der Waals surface area contributed by atoms with Crippen molar-refractivity contribution in [1.82, 2.24) is 10.3 Å². The largest absolute Gasteiger partial charge is 0.490 e. The van der Waals surface area contributed by atoms with Gasteiger partial charge in [0.05, 0.1) is 17.0 Å². The number of carbonyl (C=O) groups excluding carboxylic acids is 1. The summed E-state index contributed by atoms with van der Waals surface area (Å²) in [7, 11) is 0. The van der Waals surface area contributed by atoms with Gasteiger partial charge in [-0.05, 0) is 63.6 Å². The lowest BCUT2D eigenvalue weighted by Gasteiger charge is -2.30. The van der Waals surface area contributed by atoms with E-state index in [4.69, 9.17) is 20.2 Å². The Labute approximate surface area is 166 Å². The Morgan fingerprint density at radius 3 is 2.68 bits per heavy atom. The molecule has 1 aromatic heterocycles. The summed E-state index contributed by atoms with van der Waals surface area (Å²) in [6, 6.07) is 6.12. The van der Waals surface area contributed by atoms with Crippen molar-refractivity contribution in [3.63, 3.8) is 0 Å². The number of aryl methyl sites for hydroxylation is 1. The maximum atomic E-state index is 11.8. The van der Waals surface area contributed by atoms with Gasteiger partial charge >= 0.3 is 0 Å². The molecule has 1 aromatic carbocycles. The second-order valence-electron chi connectivity index (χ2n) is 7.39. The Morgan fingerprint density at radius 2 is 2.00 bits per heavy atom. The summed E-state index contributed by atoms with van der Waals surface area (Å²) in [5.74, 6) is 0.766. The zero-order valence-electron chi connectivity index (χ0n) is 17.1. The highest BCUT2D eigenvalue weighted by Gasteiger charge is 2.24. The van der Waals surface area contributed by atoms with Crippen LogP contribution in [-0.4, -0.2) is 36.3 Å². The van der Waals surface area contributed by atoms with Gasteiger partial charge in [0.1, 0.15) is 12.4 Å². The van der Waals surface area contributed by atoms with E-state index in [9.17, 15) is 4.79 Å². The molecule has 0 spiro atoms. The average Bonchev–Trinajstić information content (AvgIpc) is 2.68. The number of anilines is 1. The second-order valence-corrected chi connectivity index (χ2v) is 7.39. The number of nitrogen functional groups attached to an aromatic ring is 1. The molecule has 1 aliphatic rings. The van der Waals surface area contributed by atoms with E-state index in [1.807, 2.05) is 32.0 Å². The van der Waals surface area contributed by atoms with E-state index < -0.39 is 0 Å². The van der Waals surface area contributed by atoms with Crippen LogP contribution in [-0.2, 0) is 16.0 Å². The summed E-state index contributed by atoms with van der Waals surface area (Å²) >= 11 is 0. The van der Waals surface area contributed by atoms with Crippen LogP contribution in [0.5, 0.6) is 5.75 Å². The normalized spacial score (nSPS) is 19.5. The van der Waals surface area contributed by atoms with Crippen molar-refractivity contribution in [2.75, 3.05) is 18.9 Å². The highest BCUT2D eigenvalue weighted by molar-refractivity contribution is 5.97. The molecule has 1 fully saturated rings. The maximum Gasteiger partial charge on any atom is 0.246 e. The standard InChI is InChI=1S/C22H31N3O3/c1-4-17-14(3)24-18-7-6-8-19(21(18)22(17)23)28-16-11-9-15(10-12-16)25-20(26)13-27-5-2/h6-8,15-16H,4-5,9-13H2,1-3H3,(H2,23,24)(H,25,26). The van der Waals surface area contributed by atoms with Crippen molar-refractivity contribution >= 4 is 22.5 Å². The SMILES string of the molecule is CCOCC(=O)NC1CCC(Oc2cccc3nc(C)c(CC)c(N)c23)CC1. The smallest absolute Gasteiger partial charge is 0.246 e. The van der Waals surface area contributed by atoms with Crippen molar-refractivity contribution < 1.29 is 14.3 Å². The third-order valence-electron chi connectivity index (χ3n) is 5.45. The van der Waals surface area contributed by atoms with Gasteiger partial charge in [0.25, 0.3) is 0 Å². The van der Waals surface area contributed by atoms with Crippen LogP contribution < -0.4 is 15.8 Å². The van der Waals surface area contributed by atoms with Crippen LogP contribution in [0.4, 0.5) is 5.69 Å². The first kappa shape index (κ1) is 20.4. The number of pyridine rings is 1. The third-order valence-corrected chi connectivity index (χ3v) is 5.45. The van der Waals surface area contributed by atoms with E-state index in [1.54, 1.807) is 0 Å². The highest BCUT2D eigenvalue weighted by atomic mass is 16.5. The van der Waals surface area contributed by atoms with Gasteiger partial charge in [-0.3, -0.25) is 9.78 Å². The number of hydrogen-bond donors (Lipinski definition) is 2. The molecule has 3 N–H and O–H groups in total. The molecule has 2 aromatic rings. The van der Waals surface area contributed by atoms with E-state index in [2.05, 4.69) is 12.2 Å². The van der Waals surface area contributed by atoms with Crippen LogP contribution in [0.15, 0.2) is 18.2 Å². The Morgan fingerprint density at radius 1 is 1.25 bits per heavy atom. The second kappa shape index (κ2) is 9.24. The molecule has 28 heavy (non-hydrogen) atoms. The minimum absolute atomic E-state index is 0.0402. The molecule has 152 valence electrons. The molecular weight excluding hydrogens is 354 g/mol. The number of nitrogens with two attached hydrogens (primary N) is 1. The Kier molecular flexibility index (Phi) is 6.73. The predicted molar refractivity (Wildman–Crippen MR) is 112 cm³/mol. The van der Waals surface area contributed by atoms with Gasteiger partial charge in [0.15, 0.2) is 0 Å². The molecule has 0 bridgehead atoms. The third kappa shape index (κ3) is 4.55. The number of ether oxygens (including phenoxy) is 2. The molecule has 1 aliphatic carbocycles. The van der Waals surface area contributed by atoms with Crippen LogP contribution in [0.2, 0.25) is 0 Å². The van der Waals surface area contributed by atoms with Gasteiger partial charge in [-0.1, -0.05) is 13.0 Å². The summed E-state index contributed by atoms with van der Waals surface area (Å²) in [6.07, 6.45) is 4.57. The Balaban J connectivity index is 1.67. The summed E-state index contributed by atoms with van der Waals surface area (Å²) < 4.78 is 11.5. The van der Waals surface area contributed by atoms with E-state index in [1.165, 1.54) is 0 Å². The number of nitrogens with zero attached hydrogens (tertiary/aromatic N) is 1. The van der Waals surface area contributed by atoms with Gasteiger partial charge in [0, 0.05) is 24.0 Å². The topological polar surface area (TPSA) is 86.5 Å². The molecule has 0 radical (unpaired) electrons. The molecule has 6 heteroatoms. The first-order chi connectivity index (χ1) is 13.5. The molecule has 0 atom stereocenters. The summed E-state index contributed by atoms with van der Waals surface area (Å²) in [6.45, 7) is 6.67. The molecular formula is C22H31N3O3. The summed E-state index contributed by atoms with van der Waals surface area (Å²) in [5, 5.41) is 3.96. The Hall–Kier alpha value is -2.34. The van der Waals surface area contributed by atoms with Crippen LogP contribution in [0, 0.1) is 6.92 Å². The van der Waals surface area contributed by atoms with Crippen molar-refractivity contribution in [2.24, 2.45) is 0 Å². The fourth-order valence-corrected chi connectivity index (χ4v) is 3.99. The van der Waals surface area contributed by atoms with Crippen LogP contribution >= 0.6 is 0 Å². The van der Waals surface area contributed by atoms with Gasteiger partial charge < -0.3 is 20.5 Å². The van der Waals surface area contributed by atoms with Crippen LogP contribution in [0.3, 0.4) is 0 Å². The fourth-order valence-electron chi connectivity index (χ4n) is 3.99. The lowest BCUT2D eigenvalue weighted by atomic mass is 9.92. The zero-order chi connectivity index (χ0) is 20.1. The lowest BCUT2D eigenvalue weighted by molar-refractivity contribution is -0.126. The first-order valence-electron chi connectivity index (χ1n) is 10.2. The van der Waals surface area contributed by atoms with Gasteiger partial charge in [-0.25, -0.2) is 0 Å². The van der Waals surface area contributed by atoms with Gasteiger partial charge in [-0.2, -0.15) is 0 Å². The van der Waals surface area contributed by atoms with E-state index in [-0.39, 0.29) is 24.7 Å². The van der Waals surface area contributed by atoms with E-state index in [0.29, 0.717) is 6.61 Å². The lowest BCUT2D eigenvalue weighted by Crippen LogP contribution is -2.41. The number of carbonyl (C=O) groups is 1. The van der Waals surface area contributed by atoms with Crippen molar-refractivity contribution in [3.05, 3.63) is 29.5 Å². The van der Waals surface area contributed by atoms with Crippen LogP contribution in [0.1, 0.15) is 50.8 Å². The quantitative estimate of drug-likeness (QED) is 0.761. The zero-order valence-corrected chi connectivity index (χ0v) is 17.1. The molecule has 1 saturated carbocycles. The predicted octanol–water partition coefficient (Wildman–Crippen LogP) is 3.53. The number of rotatable bonds is 7. The summed E-state index contributed by atoms with van der Waals surface area (Å²) in [5.41, 5.74) is 10.2. The number of fused-ring (bicyclic) bond motifs is 1. The first-order valence-corrected chi connectivity index (χ1v) is 10.2. The molecule has 1 amide bonds. The molecule has 1 heterocycles. The number of hydrogen-bond acceptors (Lipinski definition) is 5. The number of amides is 1. The minimum atomic E-state index is -0.0402. The highest BCUT2D eigenvalue weighted by Crippen LogP contribution is 2.35. The average molecular weight is 386 g/mol. The maximum absolute atomic E-state index is 11.8. The Bertz CT molecular complexity index is 829. The van der Waals surface area contributed by atoms with Crippen molar-refractivity contribution in [1.29, 1.82) is 0 Å². The molecule has 3 rings (SSSR count). The molecule has 6 nitrogen and oxygen atoms in total. The minimum Gasteiger partial charge on any atom is -0.490 e. The number of nitrogens with one attached hydrogen (secondary N) is 1. The van der Waals surface area contributed by atoms with Crippen molar-refractivity contribution in [3.8, 4) is 5.75 Å². The number of benzene rings is 1. The monoisotopic (exact) mass is 385 g/mol. The van der Waals surface area contributed by atoms with Crippen LogP contribution in [0.25, 0.3) is 10.9 Å². The van der Waals surface area contributed by atoms with E-state index >= 15 is 0 Å². The van der Waals surface area contributed by atoms with Gasteiger partial charge in [0.2, 0.25) is 5.91 Å². The van der Waals surface area contributed by atoms with E-state index in [0.717, 1.165) is 65.7 Å². The van der Waals surface area contributed by atoms with Crippen molar-refractivity contribution in [2.45, 2.75) is 65.0 Å². The molecule has 0 unspecified atom stereocenters. The fraction of sp³-hybridized carbons (Fsp3) is 0.545. The number of aromatic nitrogens is 1. The van der Waals surface area contributed by atoms with Gasteiger partial charge in [-0.15, -0.1) is 0 Å². The molecule has 0 aliphatic heterocycles. The molecule has 0 saturated heterocycles. The summed E-state index contributed by atoms with van der Waals surface area (Å²) in [4.78, 5) is 16.5.